The lowest BCUT2D eigenvalue weighted by Gasteiger charge is -2.30. The standard InChI is InChI=1S/C19H22N4O3/c1-12-5-4-6-16-18(12)21-22-23(19(16)25)11-17(24)20-13(2)14-7-9-15(26-3)10-8-14/h4-10,13,21-22H,11H2,1-3H3,(H,20,24)/t13-/m0/s1. The lowest BCUT2D eigenvalue weighted by molar-refractivity contribution is -0.123. The van der Waals surface area contributed by atoms with Crippen molar-refractivity contribution >= 4 is 17.5 Å². The molecule has 1 aliphatic rings. The van der Waals surface area contributed by atoms with Crippen LogP contribution in [0.25, 0.3) is 0 Å². The zero-order valence-electron chi connectivity index (χ0n) is 15.0. The van der Waals surface area contributed by atoms with Gasteiger partial charge in [-0.15, -0.1) is 5.53 Å². The number of amides is 2. The van der Waals surface area contributed by atoms with Gasteiger partial charge < -0.3 is 15.5 Å². The van der Waals surface area contributed by atoms with Crippen LogP contribution in [0.3, 0.4) is 0 Å². The first kappa shape index (κ1) is 17.8. The summed E-state index contributed by atoms with van der Waals surface area (Å²) in [6.07, 6.45) is 0. The molecule has 7 heteroatoms. The van der Waals surface area contributed by atoms with Gasteiger partial charge in [-0.3, -0.25) is 9.59 Å². The van der Waals surface area contributed by atoms with Gasteiger partial charge in [0, 0.05) is 0 Å². The third kappa shape index (κ3) is 3.62. The number of rotatable bonds is 5. The fraction of sp³-hybridized carbons (Fsp3) is 0.263. The molecule has 1 heterocycles. The Labute approximate surface area is 152 Å². The van der Waals surface area contributed by atoms with E-state index in [4.69, 9.17) is 4.74 Å². The number of nitrogens with zero attached hydrogens (tertiary/aromatic N) is 1. The van der Waals surface area contributed by atoms with Crippen LogP contribution in [0.4, 0.5) is 5.69 Å². The molecule has 0 aromatic heterocycles. The zero-order chi connectivity index (χ0) is 18.7. The Hall–Kier alpha value is -3.06. The lowest BCUT2D eigenvalue weighted by atomic mass is 10.1. The van der Waals surface area contributed by atoms with E-state index in [1.54, 1.807) is 13.2 Å². The number of aryl methyl sites for hydroxylation is 1. The van der Waals surface area contributed by atoms with Crippen LogP contribution in [0, 0.1) is 6.92 Å². The minimum atomic E-state index is -0.257. The number of fused-ring (bicyclic) bond motifs is 1. The Morgan fingerprint density at radius 3 is 2.65 bits per heavy atom. The van der Waals surface area contributed by atoms with Gasteiger partial charge in [0.15, 0.2) is 0 Å². The maximum absolute atomic E-state index is 12.6. The van der Waals surface area contributed by atoms with E-state index in [-0.39, 0.29) is 24.4 Å². The highest BCUT2D eigenvalue weighted by molar-refractivity contribution is 6.02. The molecular formula is C19H22N4O3. The molecular weight excluding hydrogens is 332 g/mol. The van der Waals surface area contributed by atoms with Crippen LogP contribution >= 0.6 is 0 Å². The van der Waals surface area contributed by atoms with Gasteiger partial charge in [0.2, 0.25) is 5.91 Å². The monoisotopic (exact) mass is 354 g/mol. The van der Waals surface area contributed by atoms with Gasteiger partial charge in [-0.2, -0.15) is 0 Å². The summed E-state index contributed by atoms with van der Waals surface area (Å²) >= 11 is 0. The van der Waals surface area contributed by atoms with Gasteiger partial charge in [0.05, 0.1) is 24.4 Å². The van der Waals surface area contributed by atoms with Crippen LogP contribution in [0.15, 0.2) is 42.5 Å². The summed E-state index contributed by atoms with van der Waals surface area (Å²) in [5.74, 6) is 0.261. The fourth-order valence-corrected chi connectivity index (χ4v) is 2.85. The van der Waals surface area contributed by atoms with Gasteiger partial charge in [-0.1, -0.05) is 24.3 Å². The number of hydrazine groups is 2. The molecule has 2 aromatic carbocycles. The smallest absolute Gasteiger partial charge is 0.272 e. The number of ether oxygens (including phenoxy) is 1. The molecule has 3 rings (SSSR count). The minimum absolute atomic E-state index is 0.0975. The van der Waals surface area contributed by atoms with E-state index in [0.29, 0.717) is 5.56 Å². The maximum Gasteiger partial charge on any atom is 0.272 e. The molecule has 0 spiro atoms. The van der Waals surface area contributed by atoms with Crippen molar-refractivity contribution in [2.24, 2.45) is 0 Å². The van der Waals surface area contributed by atoms with E-state index in [2.05, 4.69) is 16.3 Å². The summed E-state index contributed by atoms with van der Waals surface area (Å²) in [5, 5.41) is 4.16. The number of carbonyl (C=O) groups is 2. The summed E-state index contributed by atoms with van der Waals surface area (Å²) in [5.41, 5.74) is 8.95. The molecule has 1 atom stereocenters. The molecule has 26 heavy (non-hydrogen) atoms. The van der Waals surface area contributed by atoms with Crippen molar-refractivity contribution in [1.29, 1.82) is 0 Å². The Kier molecular flexibility index (Phi) is 5.09. The summed E-state index contributed by atoms with van der Waals surface area (Å²) < 4.78 is 5.13. The first-order chi connectivity index (χ1) is 12.5. The Balaban J connectivity index is 1.62. The van der Waals surface area contributed by atoms with Crippen LogP contribution < -0.4 is 21.0 Å². The summed E-state index contributed by atoms with van der Waals surface area (Å²) in [4.78, 5) is 24.9. The van der Waals surface area contributed by atoms with Gasteiger partial charge in [0.1, 0.15) is 12.3 Å². The van der Waals surface area contributed by atoms with E-state index in [9.17, 15) is 9.59 Å². The Morgan fingerprint density at radius 1 is 1.23 bits per heavy atom. The van der Waals surface area contributed by atoms with E-state index < -0.39 is 0 Å². The molecule has 7 nitrogen and oxygen atoms in total. The van der Waals surface area contributed by atoms with Gasteiger partial charge in [0.25, 0.3) is 5.91 Å². The molecule has 0 saturated carbocycles. The summed E-state index contributed by atoms with van der Waals surface area (Å²) in [7, 11) is 1.61. The second-order valence-corrected chi connectivity index (χ2v) is 6.19. The van der Waals surface area contributed by atoms with Crippen molar-refractivity contribution in [2.45, 2.75) is 19.9 Å². The molecule has 2 aromatic rings. The number of hydrogen-bond acceptors (Lipinski definition) is 5. The van der Waals surface area contributed by atoms with Crippen molar-refractivity contribution in [2.75, 3.05) is 19.1 Å². The second-order valence-electron chi connectivity index (χ2n) is 6.19. The zero-order valence-corrected chi connectivity index (χ0v) is 15.0. The number of methoxy groups -OCH3 is 1. The molecule has 3 N–H and O–H groups in total. The molecule has 1 aliphatic heterocycles. The molecule has 0 radical (unpaired) electrons. The van der Waals surface area contributed by atoms with Gasteiger partial charge in [-0.05, 0) is 43.2 Å². The molecule has 2 amide bonds. The molecule has 136 valence electrons. The Bertz CT molecular complexity index is 820. The van der Waals surface area contributed by atoms with E-state index in [1.165, 1.54) is 5.01 Å². The van der Waals surface area contributed by atoms with Crippen molar-refractivity contribution in [3.8, 4) is 5.75 Å². The van der Waals surface area contributed by atoms with Crippen molar-refractivity contribution in [1.82, 2.24) is 15.9 Å². The molecule has 0 aliphatic carbocycles. The summed E-state index contributed by atoms with van der Waals surface area (Å²) in [6.45, 7) is 3.71. The molecule has 0 unspecified atom stereocenters. The van der Waals surface area contributed by atoms with Crippen LogP contribution in [0.2, 0.25) is 0 Å². The number of benzene rings is 2. The first-order valence-electron chi connectivity index (χ1n) is 8.36. The minimum Gasteiger partial charge on any atom is -0.497 e. The van der Waals surface area contributed by atoms with Crippen molar-refractivity contribution in [3.05, 3.63) is 59.2 Å². The van der Waals surface area contributed by atoms with Gasteiger partial charge in [-0.25, -0.2) is 5.01 Å². The quantitative estimate of drug-likeness (QED) is 0.767. The van der Waals surface area contributed by atoms with E-state index in [1.807, 2.05) is 50.2 Å². The largest absolute Gasteiger partial charge is 0.497 e. The van der Waals surface area contributed by atoms with E-state index >= 15 is 0 Å². The SMILES string of the molecule is COc1ccc([C@H](C)NC(=O)CN2NNc3c(C)cccc3C2=O)cc1. The number of anilines is 1. The number of carbonyl (C=O) groups excluding carboxylic acids is 2. The average molecular weight is 354 g/mol. The highest BCUT2D eigenvalue weighted by Gasteiger charge is 2.26. The predicted molar refractivity (Wildman–Crippen MR) is 98.5 cm³/mol. The Morgan fingerprint density at radius 2 is 1.96 bits per heavy atom. The highest BCUT2D eigenvalue weighted by atomic mass is 16.5. The first-order valence-corrected chi connectivity index (χ1v) is 8.36. The van der Waals surface area contributed by atoms with Crippen LogP contribution in [-0.4, -0.2) is 30.5 Å². The van der Waals surface area contributed by atoms with E-state index in [0.717, 1.165) is 22.6 Å². The van der Waals surface area contributed by atoms with Crippen molar-refractivity contribution in [3.63, 3.8) is 0 Å². The number of nitrogens with one attached hydrogen (secondary N) is 3. The van der Waals surface area contributed by atoms with Crippen molar-refractivity contribution < 1.29 is 14.3 Å². The second kappa shape index (κ2) is 7.45. The summed E-state index contributed by atoms with van der Waals surface area (Å²) in [6, 6.07) is 12.8. The normalized spacial score (nSPS) is 14.3. The number of para-hydroxylation sites is 1. The highest BCUT2D eigenvalue weighted by Crippen LogP contribution is 2.24. The lowest BCUT2D eigenvalue weighted by Crippen LogP contribution is -2.53. The molecule has 0 saturated heterocycles. The maximum atomic E-state index is 12.6. The topological polar surface area (TPSA) is 82.7 Å². The van der Waals surface area contributed by atoms with Crippen LogP contribution in [0.5, 0.6) is 5.75 Å². The van der Waals surface area contributed by atoms with Crippen LogP contribution in [-0.2, 0) is 4.79 Å². The fourth-order valence-electron chi connectivity index (χ4n) is 2.85. The third-order valence-electron chi connectivity index (χ3n) is 4.36. The number of hydrogen-bond donors (Lipinski definition) is 3. The molecule has 0 bridgehead atoms. The van der Waals surface area contributed by atoms with Gasteiger partial charge >= 0.3 is 0 Å². The third-order valence-corrected chi connectivity index (χ3v) is 4.36. The average Bonchev–Trinajstić information content (AvgIpc) is 2.64. The molecule has 0 fully saturated rings. The predicted octanol–water partition coefficient (Wildman–Crippen LogP) is 2.17. The van der Waals surface area contributed by atoms with Crippen LogP contribution in [0.1, 0.15) is 34.5 Å².